The van der Waals surface area contributed by atoms with Crippen LogP contribution in [0.5, 0.6) is 28.7 Å². The molecule has 0 fully saturated rings. The zero-order chi connectivity index (χ0) is 66.3. The number of nitrogens with one attached hydrogen (secondary N) is 3. The Morgan fingerprint density at radius 2 is 1.13 bits per heavy atom. The molecule has 3 aliphatic rings. The number of aromatic amines is 2. The number of carbonyl (C=O) groups is 6. The molecule has 0 atom stereocenters. The predicted octanol–water partition coefficient (Wildman–Crippen LogP) is 14.4. The predicted molar refractivity (Wildman–Crippen MR) is 364 cm³/mol. The van der Waals surface area contributed by atoms with Crippen molar-refractivity contribution < 1.29 is 64.5 Å². The summed E-state index contributed by atoms with van der Waals surface area (Å²) in [7, 11) is 0. The van der Waals surface area contributed by atoms with Gasteiger partial charge in [0.2, 0.25) is 11.6 Å². The zero-order valence-corrected chi connectivity index (χ0v) is 52.3. The molecule has 0 aliphatic heterocycles. The second-order valence-corrected chi connectivity index (χ2v) is 23.5. The summed E-state index contributed by atoms with van der Waals surface area (Å²) in [6, 6.07) is 48.9. The number of fused-ring (bicyclic) bond motifs is 8. The van der Waals surface area contributed by atoms with Crippen molar-refractivity contribution in [1.29, 1.82) is 0 Å². The molecule has 0 saturated carbocycles. The molecule has 9 aromatic carbocycles. The van der Waals surface area contributed by atoms with Crippen LogP contribution in [-0.2, 0) is 28.2 Å². The number of H-pyrrole nitrogens is 2. The number of para-hydroxylation sites is 2. The van der Waals surface area contributed by atoms with E-state index in [1.807, 2.05) is 104 Å². The summed E-state index contributed by atoms with van der Waals surface area (Å²) in [6.07, 6.45) is 8.82. The van der Waals surface area contributed by atoms with E-state index in [4.69, 9.17) is 17.3 Å². The molecular weight excluding hydrogens is 1200 g/mol. The number of Topliss-reactive ketones (excluding diaryl/α,β-unsaturated/α-hetero) is 3. The van der Waals surface area contributed by atoms with E-state index < -0.39 is 34.3 Å². The first-order valence-corrected chi connectivity index (χ1v) is 30.4. The minimum absolute atomic E-state index is 0.0963. The van der Waals surface area contributed by atoms with Gasteiger partial charge in [-0.15, -0.1) is 11.8 Å². The van der Waals surface area contributed by atoms with E-state index in [-0.39, 0.29) is 80.0 Å². The SMILES string of the molecule is CC(=O)c1c(C)cc2cc3c(c(O)c2c1O)C(O)=C(C)C(=O)C3(C)C.CSC(=S)NCc1c[nH]c2ccccc12.O=C1C=Cc2ccccc2C1=O.O=C1c2ccccc2C(=O)c2c1ccc(O)c2O.OCc1c[nH]c2ccccc12.Oc1cccc2ccccc12. The number of rotatable bonds is 4. The molecule has 0 radical (unpaired) electrons. The zero-order valence-electron chi connectivity index (χ0n) is 50.7. The normalized spacial score (nSPS) is 13.1. The highest BCUT2D eigenvalue weighted by atomic mass is 32.2. The van der Waals surface area contributed by atoms with Gasteiger partial charge in [0.25, 0.3) is 0 Å². The average Bonchev–Trinajstić information content (AvgIpc) is 0.862. The Kier molecular flexibility index (Phi) is 19.8. The van der Waals surface area contributed by atoms with E-state index in [0.29, 0.717) is 33.4 Å². The molecule has 0 unspecified atom stereocenters. The Hall–Kier alpha value is -10.9. The van der Waals surface area contributed by atoms with Crippen LogP contribution in [0.25, 0.3) is 55.2 Å². The average molecular weight is 1270 g/mol. The van der Waals surface area contributed by atoms with Crippen LogP contribution < -0.4 is 5.32 Å². The van der Waals surface area contributed by atoms with Gasteiger partial charge in [-0.25, -0.2) is 0 Å². The van der Waals surface area contributed by atoms with Gasteiger partial charge in [0.05, 0.1) is 34.1 Å². The second-order valence-electron chi connectivity index (χ2n) is 22.0. The van der Waals surface area contributed by atoms with Crippen LogP contribution in [0.15, 0.2) is 188 Å². The summed E-state index contributed by atoms with van der Waals surface area (Å²) in [5.74, 6) is -3.71. The number of ketones is 6. The fraction of sp³-hybridized carbons (Fsp3) is 0.122. The van der Waals surface area contributed by atoms with Crippen molar-refractivity contribution in [3.63, 3.8) is 0 Å². The number of thiocarbonyl (C=S) groups is 1. The Balaban J connectivity index is 0.000000134. The van der Waals surface area contributed by atoms with E-state index >= 15 is 0 Å². The number of allylic oxidation sites excluding steroid dienone is 2. The summed E-state index contributed by atoms with van der Waals surface area (Å²) in [5.41, 5.74) is 6.90. The molecule has 18 heteroatoms. The molecule has 0 saturated heterocycles. The van der Waals surface area contributed by atoms with Gasteiger partial charge in [0.1, 0.15) is 27.3 Å². The Morgan fingerprint density at radius 1 is 0.565 bits per heavy atom. The minimum Gasteiger partial charge on any atom is -0.507 e. The lowest BCUT2D eigenvalue weighted by Gasteiger charge is -2.32. The highest BCUT2D eigenvalue weighted by molar-refractivity contribution is 8.22. The van der Waals surface area contributed by atoms with Crippen molar-refractivity contribution in [2.24, 2.45) is 0 Å². The monoisotopic (exact) mass is 1270 g/mol. The van der Waals surface area contributed by atoms with Crippen LogP contribution >= 0.6 is 24.0 Å². The Morgan fingerprint density at radius 3 is 1.76 bits per heavy atom. The van der Waals surface area contributed by atoms with E-state index in [9.17, 15) is 59.4 Å². The third-order valence-electron chi connectivity index (χ3n) is 15.9. The number of phenols is 5. The van der Waals surface area contributed by atoms with Crippen molar-refractivity contribution >= 4 is 118 Å². The van der Waals surface area contributed by atoms with Crippen molar-refractivity contribution in [2.75, 3.05) is 6.26 Å². The van der Waals surface area contributed by atoms with Gasteiger partial charge in [-0.1, -0.05) is 146 Å². The number of phenolic OH excluding ortho intramolecular Hbond substituents is 5. The third-order valence-corrected chi connectivity index (χ3v) is 17.0. The molecule has 0 bridgehead atoms. The number of aromatic nitrogens is 2. The number of carbonyl (C=O) groups excluding carboxylic acids is 6. The molecule has 16 nitrogen and oxygen atoms in total. The molecule has 92 heavy (non-hydrogen) atoms. The molecular formula is C74H63N3O13S2. The first-order chi connectivity index (χ1) is 44.0. The number of thioether (sulfide) groups is 1. The van der Waals surface area contributed by atoms with Crippen molar-refractivity contribution in [3.05, 3.63) is 255 Å². The molecule has 2 heterocycles. The number of aliphatic hydroxyl groups is 2. The van der Waals surface area contributed by atoms with E-state index in [2.05, 4.69) is 27.4 Å². The highest BCUT2D eigenvalue weighted by Crippen LogP contribution is 2.49. The van der Waals surface area contributed by atoms with Gasteiger partial charge >= 0.3 is 0 Å². The van der Waals surface area contributed by atoms with Gasteiger partial charge in [-0.3, -0.25) is 28.8 Å². The van der Waals surface area contributed by atoms with Crippen molar-refractivity contribution in [3.8, 4) is 28.7 Å². The maximum absolute atomic E-state index is 12.6. The number of hydrogen-bond donors (Lipinski definition) is 10. The van der Waals surface area contributed by atoms with Crippen LogP contribution in [0.1, 0.15) is 114 Å². The summed E-state index contributed by atoms with van der Waals surface area (Å²) in [5, 5.41) is 77.4. The number of hydrogen-bond acceptors (Lipinski definition) is 15. The number of aryl methyl sites for hydroxylation is 1. The third kappa shape index (κ3) is 13.2. The Bertz CT molecular complexity index is 4850. The standard InChI is InChI=1S/C20H20O5.C14H8O4.C11H12N2S2.C10H6O2.C10H8O.C9H9NO/c1-8-6-11-7-12-15(16(22)9(2)19(25)20(12,4)5)18(24)14(11)17(23)13(8)10(3)21;15-10-6-5-9-11(14(10)18)13(17)8-4-2-1-3-7(8)12(9)16;1-15-11(14)13-7-8-6-12-10-5-3-2-4-9(8)10;11-9-6-5-7-3-1-2-4-8(7)10(9)12;11-10-7-3-5-8-4-1-2-6-9(8)10;11-6-7-5-10-9-4-2-1-3-8(7)9/h6-7,22-24H,1-5H3;1-6,15,18H;2-6,12H,7H2,1H3,(H,13,14);1-6H;1-7,11H;1-5,10-11H,6H2. The number of aliphatic hydroxyl groups excluding tert-OH is 2. The van der Waals surface area contributed by atoms with Crippen LogP contribution in [-0.4, -0.2) is 91.0 Å². The van der Waals surface area contributed by atoms with Crippen LogP contribution in [0.3, 0.4) is 0 Å². The van der Waals surface area contributed by atoms with E-state index in [0.717, 1.165) is 43.7 Å². The maximum Gasteiger partial charge on any atom is 0.233 e. The maximum atomic E-state index is 12.6. The first-order valence-electron chi connectivity index (χ1n) is 28.8. The molecule has 0 spiro atoms. The largest absolute Gasteiger partial charge is 0.507 e. The Labute approximate surface area is 537 Å². The lowest BCUT2D eigenvalue weighted by molar-refractivity contribution is -0.120. The van der Waals surface area contributed by atoms with Gasteiger partial charge in [0, 0.05) is 79.5 Å². The second kappa shape index (κ2) is 27.9. The summed E-state index contributed by atoms with van der Waals surface area (Å²) in [4.78, 5) is 77.2. The molecule has 14 rings (SSSR count). The smallest absolute Gasteiger partial charge is 0.233 e. The topological polar surface area (TPSA) is 288 Å². The fourth-order valence-corrected chi connectivity index (χ4v) is 11.4. The minimum atomic E-state index is -0.930. The fourth-order valence-electron chi connectivity index (χ4n) is 11.1. The van der Waals surface area contributed by atoms with Crippen LogP contribution in [0, 0.1) is 6.92 Å². The summed E-state index contributed by atoms with van der Waals surface area (Å²) >= 11 is 6.65. The molecule has 464 valence electrons. The van der Waals surface area contributed by atoms with Crippen molar-refractivity contribution in [1.82, 2.24) is 15.3 Å². The quantitative estimate of drug-likeness (QED) is 0.0339. The van der Waals surface area contributed by atoms with Crippen molar-refractivity contribution in [2.45, 2.75) is 53.2 Å². The van der Waals surface area contributed by atoms with Gasteiger partial charge in [-0.05, 0) is 116 Å². The van der Waals surface area contributed by atoms with Gasteiger partial charge < -0.3 is 51.0 Å². The summed E-state index contributed by atoms with van der Waals surface area (Å²) < 4.78 is 0.834. The molecule has 2 aromatic heterocycles. The summed E-state index contributed by atoms with van der Waals surface area (Å²) in [6.45, 7) is 8.88. The lowest BCUT2D eigenvalue weighted by Crippen LogP contribution is -2.34. The number of benzene rings is 9. The molecule has 0 amide bonds. The molecule has 11 aromatic rings. The van der Waals surface area contributed by atoms with E-state index in [1.165, 1.54) is 54.6 Å². The van der Waals surface area contributed by atoms with Crippen LogP contribution in [0.2, 0.25) is 0 Å². The molecule has 3 aliphatic carbocycles. The highest BCUT2D eigenvalue weighted by Gasteiger charge is 2.41. The first kappa shape index (κ1) is 65.5. The van der Waals surface area contributed by atoms with Gasteiger partial charge in [0.15, 0.2) is 34.6 Å². The lowest BCUT2D eigenvalue weighted by atomic mass is 9.70. The van der Waals surface area contributed by atoms with E-state index in [1.54, 1.807) is 87.1 Å². The van der Waals surface area contributed by atoms with Gasteiger partial charge in [-0.2, -0.15) is 0 Å². The van der Waals surface area contributed by atoms with Crippen LogP contribution in [0.4, 0.5) is 0 Å². The molecule has 10 N–H and O–H groups in total. The number of aromatic hydroxyl groups is 5.